The van der Waals surface area contributed by atoms with Crippen molar-refractivity contribution in [3.63, 3.8) is 0 Å². The summed E-state index contributed by atoms with van der Waals surface area (Å²) in [6, 6.07) is 18.0. The Morgan fingerprint density at radius 1 is 1.11 bits per heavy atom. The average molecular weight is 367 g/mol. The second-order valence-electron chi connectivity index (χ2n) is 7.82. The van der Waals surface area contributed by atoms with Crippen LogP contribution >= 0.6 is 0 Å². The van der Waals surface area contributed by atoms with E-state index in [-0.39, 0.29) is 11.7 Å². The first kappa shape index (κ1) is 19.4. The molecule has 1 fully saturated rings. The highest BCUT2D eigenvalue weighted by atomic mass is 16.3. The summed E-state index contributed by atoms with van der Waals surface area (Å²) in [4.78, 5) is 15.1. The summed E-state index contributed by atoms with van der Waals surface area (Å²) < 4.78 is 0. The van der Waals surface area contributed by atoms with E-state index in [1.807, 2.05) is 44.4 Å². The summed E-state index contributed by atoms with van der Waals surface area (Å²) in [5.41, 5.74) is 1.51. The van der Waals surface area contributed by atoms with Crippen molar-refractivity contribution in [1.82, 2.24) is 10.2 Å². The molecule has 2 aromatic rings. The topological polar surface area (TPSA) is 52.6 Å². The fourth-order valence-corrected chi connectivity index (χ4v) is 3.77. The lowest BCUT2D eigenvalue weighted by Crippen LogP contribution is -2.46. The fraction of sp³-hybridized carbons (Fsp3) is 0.435. The number of carbonyl (C=O) groups excluding carboxylic acids is 1. The Kier molecular flexibility index (Phi) is 6.17. The fourth-order valence-electron chi connectivity index (χ4n) is 3.77. The number of benzene rings is 2. The van der Waals surface area contributed by atoms with Crippen LogP contribution in [0.2, 0.25) is 0 Å². The number of hydrogen-bond acceptors (Lipinski definition) is 3. The summed E-state index contributed by atoms with van der Waals surface area (Å²) in [6.45, 7) is 0.940. The molecule has 27 heavy (non-hydrogen) atoms. The van der Waals surface area contributed by atoms with E-state index in [1.165, 1.54) is 12.8 Å². The van der Waals surface area contributed by atoms with Crippen molar-refractivity contribution in [2.45, 2.75) is 43.6 Å². The Morgan fingerprint density at radius 3 is 2.37 bits per heavy atom. The van der Waals surface area contributed by atoms with Gasteiger partial charge < -0.3 is 15.3 Å². The number of aromatic hydroxyl groups is 1. The molecule has 3 rings (SSSR count). The van der Waals surface area contributed by atoms with Crippen molar-refractivity contribution in [3.05, 3.63) is 65.7 Å². The van der Waals surface area contributed by atoms with Gasteiger partial charge in [0.1, 0.15) is 5.75 Å². The summed E-state index contributed by atoms with van der Waals surface area (Å²) in [6.07, 6.45) is 4.90. The SMILES string of the molecule is CN(C)C(=O)C(CCCNC1CC1)(Cc1ccc(O)cc1)c1ccccc1. The highest BCUT2D eigenvalue weighted by Crippen LogP contribution is 2.35. The van der Waals surface area contributed by atoms with Gasteiger partial charge in [0.15, 0.2) is 0 Å². The molecule has 4 heteroatoms. The Bertz CT molecular complexity index is 739. The van der Waals surface area contributed by atoms with Crippen LogP contribution < -0.4 is 5.32 Å². The predicted molar refractivity (Wildman–Crippen MR) is 109 cm³/mol. The second kappa shape index (κ2) is 8.57. The lowest BCUT2D eigenvalue weighted by Gasteiger charge is -2.36. The molecule has 1 aliphatic carbocycles. The van der Waals surface area contributed by atoms with Crippen molar-refractivity contribution in [2.24, 2.45) is 0 Å². The van der Waals surface area contributed by atoms with E-state index >= 15 is 0 Å². The highest BCUT2D eigenvalue weighted by Gasteiger charge is 2.41. The van der Waals surface area contributed by atoms with E-state index in [1.54, 1.807) is 17.0 Å². The molecule has 1 amide bonds. The molecule has 144 valence electrons. The van der Waals surface area contributed by atoms with Crippen LogP contribution in [0.3, 0.4) is 0 Å². The smallest absolute Gasteiger partial charge is 0.233 e. The standard InChI is InChI=1S/C23H30N2O2/c1-25(2)22(27)23(19-7-4-3-5-8-19,15-6-16-24-20-11-12-20)17-18-9-13-21(26)14-10-18/h3-5,7-10,13-14,20,24,26H,6,11-12,15-17H2,1-2H3. The molecule has 0 aromatic heterocycles. The van der Waals surface area contributed by atoms with Crippen LogP contribution in [0.15, 0.2) is 54.6 Å². The lowest BCUT2D eigenvalue weighted by atomic mass is 9.71. The molecule has 1 saturated carbocycles. The minimum Gasteiger partial charge on any atom is -0.508 e. The van der Waals surface area contributed by atoms with Crippen LogP contribution in [-0.4, -0.2) is 42.6 Å². The molecular weight excluding hydrogens is 336 g/mol. The lowest BCUT2D eigenvalue weighted by molar-refractivity contribution is -0.135. The zero-order valence-corrected chi connectivity index (χ0v) is 16.3. The van der Waals surface area contributed by atoms with Gasteiger partial charge in [0.05, 0.1) is 5.41 Å². The molecule has 4 nitrogen and oxygen atoms in total. The normalized spacial score (nSPS) is 15.9. The number of rotatable bonds is 9. The van der Waals surface area contributed by atoms with Crippen molar-refractivity contribution in [1.29, 1.82) is 0 Å². The van der Waals surface area contributed by atoms with E-state index in [0.717, 1.165) is 30.5 Å². The minimum atomic E-state index is -0.604. The van der Waals surface area contributed by atoms with Crippen molar-refractivity contribution in [2.75, 3.05) is 20.6 Å². The van der Waals surface area contributed by atoms with Gasteiger partial charge >= 0.3 is 0 Å². The van der Waals surface area contributed by atoms with E-state index in [4.69, 9.17) is 0 Å². The number of hydrogen-bond donors (Lipinski definition) is 2. The van der Waals surface area contributed by atoms with Crippen LogP contribution in [0.25, 0.3) is 0 Å². The van der Waals surface area contributed by atoms with Crippen molar-refractivity contribution >= 4 is 5.91 Å². The molecule has 2 N–H and O–H groups in total. The number of phenolic OH excluding ortho intramolecular Hbond substituents is 1. The molecule has 2 aromatic carbocycles. The Hall–Kier alpha value is -2.33. The monoisotopic (exact) mass is 366 g/mol. The molecule has 0 saturated heterocycles. The summed E-state index contributed by atoms with van der Waals surface area (Å²) in [5, 5.41) is 13.2. The van der Waals surface area contributed by atoms with Crippen LogP contribution in [0.4, 0.5) is 0 Å². The molecule has 0 spiro atoms. The number of phenols is 1. The largest absolute Gasteiger partial charge is 0.508 e. The van der Waals surface area contributed by atoms with Crippen molar-refractivity contribution < 1.29 is 9.90 Å². The van der Waals surface area contributed by atoms with Gasteiger partial charge in [0.2, 0.25) is 5.91 Å². The molecule has 0 bridgehead atoms. The van der Waals surface area contributed by atoms with Crippen molar-refractivity contribution in [3.8, 4) is 5.75 Å². The zero-order valence-electron chi connectivity index (χ0n) is 16.3. The van der Waals surface area contributed by atoms with Gasteiger partial charge in [-0.3, -0.25) is 4.79 Å². The van der Waals surface area contributed by atoms with Crippen LogP contribution in [0, 0.1) is 0 Å². The molecule has 1 unspecified atom stereocenters. The minimum absolute atomic E-state index is 0.133. The molecule has 0 radical (unpaired) electrons. The van der Waals surface area contributed by atoms with Gasteiger partial charge in [-0.2, -0.15) is 0 Å². The number of likely N-dealkylation sites (N-methyl/N-ethyl adjacent to an activating group) is 1. The first-order chi connectivity index (χ1) is 13.0. The number of carbonyl (C=O) groups is 1. The highest BCUT2D eigenvalue weighted by molar-refractivity contribution is 5.88. The van der Waals surface area contributed by atoms with Gasteiger partial charge in [-0.25, -0.2) is 0 Å². The van der Waals surface area contributed by atoms with E-state index in [9.17, 15) is 9.90 Å². The van der Waals surface area contributed by atoms with Gasteiger partial charge in [0, 0.05) is 20.1 Å². The summed E-state index contributed by atoms with van der Waals surface area (Å²) in [7, 11) is 3.67. The Balaban J connectivity index is 1.91. The quantitative estimate of drug-likeness (QED) is 0.668. The van der Waals surface area contributed by atoms with E-state index < -0.39 is 5.41 Å². The maximum Gasteiger partial charge on any atom is 0.233 e. The van der Waals surface area contributed by atoms with Gasteiger partial charge in [-0.1, -0.05) is 42.5 Å². The van der Waals surface area contributed by atoms with Gasteiger partial charge in [-0.15, -0.1) is 0 Å². The van der Waals surface area contributed by atoms with Crippen LogP contribution in [-0.2, 0) is 16.6 Å². The van der Waals surface area contributed by atoms with E-state index in [0.29, 0.717) is 12.5 Å². The number of nitrogens with one attached hydrogen (secondary N) is 1. The molecule has 0 aliphatic heterocycles. The maximum absolute atomic E-state index is 13.4. The predicted octanol–water partition coefficient (Wildman–Crippen LogP) is 3.49. The van der Waals surface area contributed by atoms with Gasteiger partial charge in [0.25, 0.3) is 0 Å². The first-order valence-electron chi connectivity index (χ1n) is 9.80. The Labute approximate surface area is 162 Å². The third-order valence-corrected chi connectivity index (χ3v) is 5.37. The summed E-state index contributed by atoms with van der Waals surface area (Å²) in [5.74, 6) is 0.379. The average Bonchev–Trinajstić information content (AvgIpc) is 3.50. The second-order valence-corrected chi connectivity index (χ2v) is 7.82. The van der Waals surface area contributed by atoms with Crippen LogP contribution in [0.5, 0.6) is 5.75 Å². The number of nitrogens with zero attached hydrogens (tertiary/aromatic N) is 1. The molecule has 1 atom stereocenters. The maximum atomic E-state index is 13.4. The van der Waals surface area contributed by atoms with E-state index in [2.05, 4.69) is 17.4 Å². The number of amides is 1. The summed E-state index contributed by atoms with van der Waals surface area (Å²) >= 11 is 0. The Morgan fingerprint density at radius 2 is 1.78 bits per heavy atom. The zero-order chi connectivity index (χ0) is 19.3. The molecular formula is C23H30N2O2. The van der Waals surface area contributed by atoms with Crippen LogP contribution in [0.1, 0.15) is 36.8 Å². The van der Waals surface area contributed by atoms with Gasteiger partial charge in [-0.05, 0) is 61.9 Å². The molecule has 1 aliphatic rings. The third-order valence-electron chi connectivity index (χ3n) is 5.37. The molecule has 0 heterocycles. The first-order valence-corrected chi connectivity index (χ1v) is 9.80. The third kappa shape index (κ3) is 4.89.